The normalized spacial score (nSPS) is 15.9. The van der Waals surface area contributed by atoms with E-state index in [1.165, 1.54) is 17.8 Å². The van der Waals surface area contributed by atoms with Gasteiger partial charge in [-0.25, -0.2) is 8.42 Å². The summed E-state index contributed by atoms with van der Waals surface area (Å²) in [7, 11) is -3.58. The van der Waals surface area contributed by atoms with E-state index >= 15 is 0 Å². The van der Waals surface area contributed by atoms with E-state index < -0.39 is 9.84 Å². The first-order valence-corrected chi connectivity index (χ1v) is 11.3. The Balaban J connectivity index is 1.46. The molecule has 2 aromatic carbocycles. The number of para-hydroxylation sites is 1. The lowest BCUT2D eigenvalue weighted by Crippen LogP contribution is -2.30. The Kier molecular flexibility index (Phi) is 4.69. The molecule has 0 fully saturated rings. The molecule has 0 bridgehead atoms. The van der Waals surface area contributed by atoms with Gasteiger partial charge in [-0.05, 0) is 36.2 Å². The highest BCUT2D eigenvalue weighted by atomic mass is 32.2. The summed E-state index contributed by atoms with van der Waals surface area (Å²) in [5.41, 5.74) is 2.61. The van der Waals surface area contributed by atoms with E-state index in [1.54, 1.807) is 17.0 Å². The molecule has 4 rings (SSSR count). The molecular weight excluding hydrogens is 384 g/mol. The van der Waals surface area contributed by atoms with Gasteiger partial charge in [0, 0.05) is 23.5 Å². The molecule has 1 N–H and O–H groups in total. The van der Waals surface area contributed by atoms with Crippen LogP contribution in [0.3, 0.4) is 0 Å². The molecule has 140 valence electrons. The van der Waals surface area contributed by atoms with Gasteiger partial charge in [0.05, 0.1) is 22.1 Å². The summed E-state index contributed by atoms with van der Waals surface area (Å²) in [4.78, 5) is 26.6. The fourth-order valence-corrected chi connectivity index (χ4v) is 5.49. The molecule has 2 heterocycles. The smallest absolute Gasteiger partial charge is 0.234 e. The topological polar surface area (TPSA) is 83.5 Å². The van der Waals surface area contributed by atoms with Crippen molar-refractivity contribution in [3.63, 3.8) is 0 Å². The van der Waals surface area contributed by atoms with Crippen LogP contribution in [0.25, 0.3) is 0 Å². The third kappa shape index (κ3) is 3.59. The van der Waals surface area contributed by atoms with Crippen molar-refractivity contribution in [2.75, 3.05) is 28.3 Å². The van der Waals surface area contributed by atoms with Gasteiger partial charge in [-0.2, -0.15) is 0 Å². The Morgan fingerprint density at radius 3 is 2.85 bits per heavy atom. The van der Waals surface area contributed by atoms with E-state index in [4.69, 9.17) is 0 Å². The van der Waals surface area contributed by atoms with Crippen molar-refractivity contribution >= 4 is 44.8 Å². The number of carbonyl (C=O) groups excluding carboxylic acids is 2. The summed E-state index contributed by atoms with van der Waals surface area (Å²) in [5, 5.41) is 2.72. The molecule has 0 atom stereocenters. The standard InChI is InChI=1S/C19H18N2O4S2/c22-18-12-26-17-11-14(5-6-15(17)20-18)27(24,25)10-8-19(23)21-9-7-13-3-1-2-4-16(13)21/h1-6,11H,7-10,12H2,(H,20,22). The van der Waals surface area contributed by atoms with Crippen molar-refractivity contribution in [2.45, 2.75) is 22.6 Å². The maximum atomic E-state index is 12.7. The second kappa shape index (κ2) is 7.01. The Bertz CT molecular complexity index is 1030. The van der Waals surface area contributed by atoms with Gasteiger partial charge in [0.25, 0.3) is 0 Å². The minimum absolute atomic E-state index is 0.0579. The zero-order valence-corrected chi connectivity index (χ0v) is 16.1. The van der Waals surface area contributed by atoms with Crippen molar-refractivity contribution in [3.8, 4) is 0 Å². The maximum Gasteiger partial charge on any atom is 0.234 e. The van der Waals surface area contributed by atoms with Gasteiger partial charge < -0.3 is 10.2 Å². The monoisotopic (exact) mass is 402 g/mol. The lowest BCUT2D eigenvalue weighted by atomic mass is 10.2. The number of benzene rings is 2. The van der Waals surface area contributed by atoms with Gasteiger partial charge in [0.2, 0.25) is 11.8 Å². The van der Waals surface area contributed by atoms with Crippen LogP contribution in [0.5, 0.6) is 0 Å². The van der Waals surface area contributed by atoms with Gasteiger partial charge in [-0.3, -0.25) is 9.59 Å². The molecule has 6 nitrogen and oxygen atoms in total. The van der Waals surface area contributed by atoms with Crippen LogP contribution < -0.4 is 10.2 Å². The molecule has 0 saturated carbocycles. The number of thioether (sulfide) groups is 1. The van der Waals surface area contributed by atoms with Crippen LogP contribution in [-0.4, -0.2) is 38.3 Å². The van der Waals surface area contributed by atoms with Crippen molar-refractivity contribution in [2.24, 2.45) is 0 Å². The number of fused-ring (bicyclic) bond motifs is 2. The highest BCUT2D eigenvalue weighted by Gasteiger charge is 2.26. The molecule has 0 spiro atoms. The van der Waals surface area contributed by atoms with E-state index in [-0.39, 0.29) is 34.6 Å². The Hall–Kier alpha value is -2.32. The molecule has 0 aromatic heterocycles. The van der Waals surface area contributed by atoms with E-state index in [9.17, 15) is 18.0 Å². The molecule has 0 saturated heterocycles. The molecule has 2 aliphatic heterocycles. The van der Waals surface area contributed by atoms with Crippen molar-refractivity contribution in [3.05, 3.63) is 48.0 Å². The predicted octanol–water partition coefficient (Wildman–Crippen LogP) is 2.48. The summed E-state index contributed by atoms with van der Waals surface area (Å²) in [6.45, 7) is 0.591. The fourth-order valence-electron chi connectivity index (χ4n) is 3.32. The number of amides is 2. The molecule has 8 heteroatoms. The first-order chi connectivity index (χ1) is 12.9. The van der Waals surface area contributed by atoms with E-state index in [0.29, 0.717) is 12.2 Å². The number of hydrogen-bond donors (Lipinski definition) is 1. The predicted molar refractivity (Wildman–Crippen MR) is 105 cm³/mol. The number of nitrogens with zero attached hydrogens (tertiary/aromatic N) is 1. The van der Waals surface area contributed by atoms with Crippen LogP contribution in [0, 0.1) is 0 Å². The molecule has 2 aromatic rings. The van der Waals surface area contributed by atoms with Crippen LogP contribution >= 0.6 is 11.8 Å². The third-order valence-electron chi connectivity index (χ3n) is 4.72. The minimum Gasteiger partial charge on any atom is -0.324 e. The second-order valence-corrected chi connectivity index (χ2v) is 9.61. The summed E-state index contributed by atoms with van der Waals surface area (Å²) in [6, 6.07) is 12.4. The summed E-state index contributed by atoms with van der Waals surface area (Å²) >= 11 is 1.31. The number of hydrogen-bond acceptors (Lipinski definition) is 5. The lowest BCUT2D eigenvalue weighted by Gasteiger charge is -2.18. The van der Waals surface area contributed by atoms with Gasteiger partial charge >= 0.3 is 0 Å². The van der Waals surface area contributed by atoms with Crippen LogP contribution in [0.2, 0.25) is 0 Å². The van der Waals surface area contributed by atoms with Crippen molar-refractivity contribution < 1.29 is 18.0 Å². The first kappa shape index (κ1) is 18.1. The zero-order valence-electron chi connectivity index (χ0n) is 14.5. The number of rotatable bonds is 4. The van der Waals surface area contributed by atoms with Crippen molar-refractivity contribution in [1.29, 1.82) is 0 Å². The molecule has 0 unspecified atom stereocenters. The number of sulfone groups is 1. The Morgan fingerprint density at radius 2 is 2.00 bits per heavy atom. The highest BCUT2D eigenvalue weighted by Crippen LogP contribution is 2.34. The van der Waals surface area contributed by atoms with Gasteiger partial charge in [0.1, 0.15) is 0 Å². The van der Waals surface area contributed by atoms with Crippen LogP contribution in [0.15, 0.2) is 52.3 Å². The van der Waals surface area contributed by atoms with E-state index in [2.05, 4.69) is 5.32 Å². The molecule has 2 amide bonds. The summed E-state index contributed by atoms with van der Waals surface area (Å²) in [6.07, 6.45) is 0.736. The molecule has 27 heavy (non-hydrogen) atoms. The maximum absolute atomic E-state index is 12.7. The summed E-state index contributed by atoms with van der Waals surface area (Å²) < 4.78 is 25.4. The number of nitrogens with one attached hydrogen (secondary N) is 1. The SMILES string of the molecule is O=C1CSc2cc(S(=O)(=O)CCC(=O)N3CCc4ccccc43)ccc2N1. The Morgan fingerprint density at radius 1 is 1.19 bits per heavy atom. The molecule has 0 radical (unpaired) electrons. The van der Waals surface area contributed by atoms with Crippen LogP contribution in [0.1, 0.15) is 12.0 Å². The largest absolute Gasteiger partial charge is 0.324 e. The van der Waals surface area contributed by atoms with Gasteiger partial charge in [-0.1, -0.05) is 18.2 Å². The zero-order chi connectivity index (χ0) is 19.0. The Labute approximate surface area is 161 Å². The van der Waals surface area contributed by atoms with Gasteiger partial charge in [0.15, 0.2) is 9.84 Å². The second-order valence-electron chi connectivity index (χ2n) is 6.49. The van der Waals surface area contributed by atoms with E-state index in [1.807, 2.05) is 24.3 Å². The van der Waals surface area contributed by atoms with Crippen LogP contribution in [0.4, 0.5) is 11.4 Å². The fraction of sp³-hybridized carbons (Fsp3) is 0.263. The third-order valence-corrected chi connectivity index (χ3v) is 7.49. The quantitative estimate of drug-likeness (QED) is 0.849. The number of carbonyl (C=O) groups is 2. The molecule has 0 aliphatic carbocycles. The minimum atomic E-state index is -3.58. The molecule has 2 aliphatic rings. The lowest BCUT2D eigenvalue weighted by molar-refractivity contribution is -0.118. The highest BCUT2D eigenvalue weighted by molar-refractivity contribution is 8.00. The molecular formula is C19H18N2O4S2. The summed E-state index contributed by atoms with van der Waals surface area (Å²) in [5.74, 6) is -0.244. The van der Waals surface area contributed by atoms with Crippen molar-refractivity contribution in [1.82, 2.24) is 0 Å². The van der Waals surface area contributed by atoms with E-state index in [0.717, 1.165) is 22.6 Å². The average Bonchev–Trinajstić information content (AvgIpc) is 3.10. The average molecular weight is 402 g/mol. The van der Waals surface area contributed by atoms with Gasteiger partial charge in [-0.15, -0.1) is 11.8 Å². The first-order valence-electron chi connectivity index (χ1n) is 8.62. The number of anilines is 2. The van der Waals surface area contributed by atoms with Crippen LogP contribution in [-0.2, 0) is 25.8 Å².